The van der Waals surface area contributed by atoms with Crippen molar-refractivity contribution in [3.05, 3.63) is 42.1 Å². The Hall–Kier alpha value is -2.83. The van der Waals surface area contributed by atoms with Gasteiger partial charge in [0.1, 0.15) is 0 Å². The zero-order valence-corrected chi connectivity index (χ0v) is 15.1. The first kappa shape index (κ1) is 18.5. The topological polar surface area (TPSA) is 88.0 Å². The summed E-state index contributed by atoms with van der Waals surface area (Å²) in [7, 11) is 1.84. The maximum Gasteiger partial charge on any atom is 0.315 e. The summed E-state index contributed by atoms with van der Waals surface area (Å²) in [6.45, 7) is 5.92. The second-order valence-electron chi connectivity index (χ2n) is 6.88. The minimum atomic E-state index is -0.396. The summed E-state index contributed by atoms with van der Waals surface area (Å²) < 4.78 is 1.72. The molecule has 1 heterocycles. The van der Waals surface area contributed by atoms with Crippen LogP contribution in [0.5, 0.6) is 0 Å². The average Bonchev–Trinajstić information content (AvgIpc) is 2.91. The van der Waals surface area contributed by atoms with Crippen LogP contribution in [-0.4, -0.2) is 33.8 Å². The Labute approximate surface area is 147 Å². The number of urea groups is 1. The van der Waals surface area contributed by atoms with Gasteiger partial charge in [-0.15, -0.1) is 0 Å². The summed E-state index contributed by atoms with van der Waals surface area (Å²) in [4.78, 5) is 23.6. The third-order valence-corrected chi connectivity index (χ3v) is 3.32. The lowest BCUT2D eigenvalue weighted by molar-refractivity contribution is -0.121. The predicted molar refractivity (Wildman–Crippen MR) is 96.8 cm³/mol. The van der Waals surface area contributed by atoms with E-state index >= 15 is 0 Å². The Balaban J connectivity index is 1.89. The van der Waals surface area contributed by atoms with Gasteiger partial charge in [0, 0.05) is 36.5 Å². The van der Waals surface area contributed by atoms with E-state index in [1.54, 1.807) is 4.68 Å². The van der Waals surface area contributed by atoms with Crippen molar-refractivity contribution in [2.45, 2.75) is 32.9 Å². The molecule has 1 aromatic carbocycles. The molecule has 0 spiro atoms. The minimum absolute atomic E-state index is 0.0678. The number of hydrogen-bond donors (Lipinski definition) is 3. The van der Waals surface area contributed by atoms with Crippen molar-refractivity contribution < 1.29 is 9.59 Å². The first-order valence-corrected chi connectivity index (χ1v) is 8.15. The van der Waals surface area contributed by atoms with Crippen LogP contribution in [0.2, 0.25) is 0 Å². The quantitative estimate of drug-likeness (QED) is 0.773. The number of nitrogens with zero attached hydrogens (tertiary/aromatic N) is 2. The minimum Gasteiger partial charge on any atom is -0.350 e. The van der Waals surface area contributed by atoms with Gasteiger partial charge in [-0.3, -0.25) is 9.48 Å². The van der Waals surface area contributed by atoms with Gasteiger partial charge in [0.2, 0.25) is 5.91 Å². The Morgan fingerprint density at radius 1 is 1.12 bits per heavy atom. The van der Waals surface area contributed by atoms with Gasteiger partial charge in [-0.2, -0.15) is 5.10 Å². The van der Waals surface area contributed by atoms with E-state index in [2.05, 4.69) is 21.0 Å². The van der Waals surface area contributed by atoms with Crippen LogP contribution in [-0.2, 0) is 18.4 Å². The summed E-state index contributed by atoms with van der Waals surface area (Å²) in [6.07, 6.45) is 1.87. The third kappa shape index (κ3) is 5.95. The molecule has 3 N–H and O–H groups in total. The highest BCUT2D eigenvalue weighted by Gasteiger charge is 2.15. The van der Waals surface area contributed by atoms with Crippen molar-refractivity contribution in [2.24, 2.45) is 7.05 Å². The monoisotopic (exact) mass is 343 g/mol. The number of benzene rings is 1. The van der Waals surface area contributed by atoms with Gasteiger partial charge in [0.25, 0.3) is 0 Å². The zero-order valence-electron chi connectivity index (χ0n) is 15.1. The molecule has 7 heteroatoms. The Bertz CT molecular complexity index is 732. The van der Waals surface area contributed by atoms with E-state index in [0.717, 1.165) is 16.8 Å². The lowest BCUT2D eigenvalue weighted by Gasteiger charge is -2.20. The third-order valence-electron chi connectivity index (χ3n) is 3.32. The molecule has 0 aliphatic rings. The molecule has 0 fully saturated rings. The van der Waals surface area contributed by atoms with Crippen LogP contribution < -0.4 is 16.0 Å². The van der Waals surface area contributed by atoms with Crippen molar-refractivity contribution in [1.82, 2.24) is 25.7 Å². The molecular formula is C18H25N5O2. The summed E-state index contributed by atoms with van der Waals surface area (Å²) in [6, 6.07) is 9.39. The molecular weight excluding hydrogens is 318 g/mol. The molecule has 0 saturated carbocycles. The van der Waals surface area contributed by atoms with Crippen LogP contribution in [0.15, 0.2) is 36.5 Å². The molecule has 0 saturated heterocycles. The Morgan fingerprint density at radius 2 is 1.80 bits per heavy atom. The number of hydrogen-bond acceptors (Lipinski definition) is 3. The van der Waals surface area contributed by atoms with Gasteiger partial charge in [0.05, 0.1) is 12.2 Å². The first-order chi connectivity index (χ1) is 11.7. The number of aryl methyl sites for hydroxylation is 1. The molecule has 2 rings (SSSR count). The fourth-order valence-electron chi connectivity index (χ4n) is 2.37. The van der Waals surface area contributed by atoms with E-state index in [1.807, 2.05) is 64.3 Å². The molecule has 0 radical (unpaired) electrons. The van der Waals surface area contributed by atoms with E-state index in [9.17, 15) is 9.59 Å². The van der Waals surface area contributed by atoms with E-state index in [4.69, 9.17) is 0 Å². The van der Waals surface area contributed by atoms with E-state index in [-0.39, 0.29) is 18.0 Å². The average molecular weight is 343 g/mol. The van der Waals surface area contributed by atoms with Crippen LogP contribution in [0.25, 0.3) is 11.3 Å². The fraction of sp³-hybridized carbons (Fsp3) is 0.389. The summed E-state index contributed by atoms with van der Waals surface area (Å²) in [5, 5.41) is 12.6. The standard InChI is InChI=1S/C18H25N5O2/c1-18(2,3)21-15(24)11-20-17(25)19-10-14-12-23(4)22-16(14)13-8-6-5-7-9-13/h5-9,12H,10-11H2,1-4H3,(H,21,24)(H2,19,20,25). The maximum absolute atomic E-state index is 11.9. The van der Waals surface area contributed by atoms with Crippen molar-refractivity contribution in [3.8, 4) is 11.3 Å². The highest BCUT2D eigenvalue weighted by atomic mass is 16.2. The van der Waals surface area contributed by atoms with Crippen molar-refractivity contribution in [1.29, 1.82) is 0 Å². The molecule has 3 amide bonds. The normalized spacial score (nSPS) is 11.0. The lowest BCUT2D eigenvalue weighted by atomic mass is 10.1. The van der Waals surface area contributed by atoms with Crippen LogP contribution in [0, 0.1) is 0 Å². The first-order valence-electron chi connectivity index (χ1n) is 8.15. The molecule has 0 aliphatic heterocycles. The molecule has 134 valence electrons. The number of carbonyl (C=O) groups excluding carboxylic acids is 2. The van der Waals surface area contributed by atoms with Gasteiger partial charge < -0.3 is 16.0 Å². The summed E-state index contributed by atoms with van der Waals surface area (Å²) in [5.41, 5.74) is 2.40. The van der Waals surface area contributed by atoms with E-state index in [0.29, 0.717) is 6.54 Å². The second kappa shape index (κ2) is 7.83. The van der Waals surface area contributed by atoms with Gasteiger partial charge in [-0.1, -0.05) is 30.3 Å². The number of aromatic nitrogens is 2. The van der Waals surface area contributed by atoms with Crippen molar-refractivity contribution in [2.75, 3.05) is 6.54 Å². The van der Waals surface area contributed by atoms with E-state index in [1.165, 1.54) is 0 Å². The van der Waals surface area contributed by atoms with Crippen LogP contribution in [0.1, 0.15) is 26.3 Å². The van der Waals surface area contributed by atoms with Gasteiger partial charge in [0.15, 0.2) is 0 Å². The van der Waals surface area contributed by atoms with Gasteiger partial charge >= 0.3 is 6.03 Å². The molecule has 0 bridgehead atoms. The largest absolute Gasteiger partial charge is 0.350 e. The van der Waals surface area contributed by atoms with Crippen LogP contribution >= 0.6 is 0 Å². The fourth-order valence-corrected chi connectivity index (χ4v) is 2.37. The molecule has 1 aromatic heterocycles. The van der Waals surface area contributed by atoms with Gasteiger partial charge in [-0.05, 0) is 20.8 Å². The predicted octanol–water partition coefficient (Wildman–Crippen LogP) is 1.80. The van der Waals surface area contributed by atoms with E-state index < -0.39 is 6.03 Å². The Morgan fingerprint density at radius 3 is 2.44 bits per heavy atom. The lowest BCUT2D eigenvalue weighted by Crippen LogP contribution is -2.47. The molecule has 0 atom stereocenters. The zero-order chi connectivity index (χ0) is 18.4. The maximum atomic E-state index is 11.9. The summed E-state index contributed by atoms with van der Waals surface area (Å²) in [5.74, 6) is -0.228. The number of carbonyl (C=O) groups is 2. The van der Waals surface area contributed by atoms with Crippen LogP contribution in [0.3, 0.4) is 0 Å². The number of rotatable bonds is 5. The highest BCUT2D eigenvalue weighted by Crippen LogP contribution is 2.21. The number of nitrogens with one attached hydrogen (secondary N) is 3. The Kier molecular flexibility index (Phi) is 5.80. The molecule has 25 heavy (non-hydrogen) atoms. The molecule has 2 aromatic rings. The second-order valence-corrected chi connectivity index (χ2v) is 6.88. The van der Waals surface area contributed by atoms with Crippen molar-refractivity contribution >= 4 is 11.9 Å². The molecule has 7 nitrogen and oxygen atoms in total. The SMILES string of the molecule is Cn1cc(CNC(=O)NCC(=O)NC(C)(C)C)c(-c2ccccc2)n1. The number of amides is 3. The summed E-state index contributed by atoms with van der Waals surface area (Å²) >= 11 is 0. The molecule has 0 aliphatic carbocycles. The van der Waals surface area contributed by atoms with Gasteiger partial charge in [-0.25, -0.2) is 4.79 Å². The van der Waals surface area contributed by atoms with Crippen molar-refractivity contribution in [3.63, 3.8) is 0 Å². The van der Waals surface area contributed by atoms with Crippen LogP contribution in [0.4, 0.5) is 4.79 Å². The molecule has 0 unspecified atom stereocenters. The smallest absolute Gasteiger partial charge is 0.315 e. The highest BCUT2D eigenvalue weighted by molar-refractivity contribution is 5.84.